The lowest BCUT2D eigenvalue weighted by Crippen LogP contribution is -2.23. The quantitative estimate of drug-likeness (QED) is 0.797. The van der Waals surface area contributed by atoms with Crippen molar-refractivity contribution in [3.63, 3.8) is 0 Å². The van der Waals surface area contributed by atoms with E-state index in [2.05, 4.69) is 74.8 Å². The summed E-state index contributed by atoms with van der Waals surface area (Å²) in [5.41, 5.74) is 5.49. The Bertz CT molecular complexity index is 577. The lowest BCUT2D eigenvalue weighted by Gasteiger charge is -2.23. The Kier molecular flexibility index (Phi) is 5.27. The molecule has 0 saturated carbocycles. The number of benzene rings is 2. The van der Waals surface area contributed by atoms with Crippen LogP contribution in [0.3, 0.4) is 0 Å². The zero-order valence-electron chi connectivity index (χ0n) is 12.7. The molecule has 0 spiro atoms. The van der Waals surface area contributed by atoms with Crippen LogP contribution in [0.5, 0.6) is 0 Å². The largest absolute Gasteiger partial charge is 0.306 e. The number of hydrogen-bond acceptors (Lipinski definition) is 2. The van der Waals surface area contributed by atoms with Crippen LogP contribution in [0.15, 0.2) is 47.4 Å². The third kappa shape index (κ3) is 3.08. The van der Waals surface area contributed by atoms with Gasteiger partial charge in [-0.05, 0) is 55.0 Å². The molecule has 1 unspecified atom stereocenters. The minimum Gasteiger partial charge on any atom is -0.306 e. The van der Waals surface area contributed by atoms with Crippen LogP contribution in [0.2, 0.25) is 0 Å². The molecule has 1 atom stereocenters. The predicted octanol–water partition coefficient (Wildman–Crippen LogP) is 4.72. The summed E-state index contributed by atoms with van der Waals surface area (Å²) in [6.07, 6.45) is 2.14. The second-order valence-corrected chi connectivity index (χ2v) is 5.87. The van der Waals surface area contributed by atoms with Crippen LogP contribution in [0.25, 0.3) is 0 Å². The van der Waals surface area contributed by atoms with E-state index in [1.807, 2.05) is 11.8 Å². The van der Waals surface area contributed by atoms with E-state index in [0.29, 0.717) is 0 Å². The maximum atomic E-state index is 3.64. The van der Waals surface area contributed by atoms with Gasteiger partial charge < -0.3 is 5.32 Å². The van der Waals surface area contributed by atoms with Crippen molar-refractivity contribution in [1.29, 1.82) is 0 Å². The van der Waals surface area contributed by atoms with Gasteiger partial charge in [-0.2, -0.15) is 0 Å². The third-order valence-corrected chi connectivity index (χ3v) is 4.63. The van der Waals surface area contributed by atoms with E-state index >= 15 is 0 Å². The van der Waals surface area contributed by atoms with E-state index in [1.165, 1.54) is 27.1 Å². The van der Waals surface area contributed by atoms with Gasteiger partial charge in [-0.3, -0.25) is 0 Å². The van der Waals surface area contributed by atoms with E-state index in [9.17, 15) is 0 Å². The van der Waals surface area contributed by atoms with Gasteiger partial charge in [0, 0.05) is 4.90 Å². The Balaban J connectivity index is 2.53. The molecule has 1 nitrogen and oxygen atoms in total. The average molecular weight is 285 g/mol. The molecule has 2 aromatic carbocycles. The second-order valence-electron chi connectivity index (χ2n) is 5.02. The van der Waals surface area contributed by atoms with Crippen LogP contribution in [0, 0.1) is 13.8 Å². The van der Waals surface area contributed by atoms with Gasteiger partial charge in [-0.15, -0.1) is 11.8 Å². The number of hydrogen-bond donors (Lipinski definition) is 1. The maximum Gasteiger partial charge on any atom is 0.0590 e. The van der Waals surface area contributed by atoms with Crippen molar-refractivity contribution in [3.8, 4) is 0 Å². The first kappa shape index (κ1) is 15.1. The highest BCUT2D eigenvalue weighted by atomic mass is 32.2. The van der Waals surface area contributed by atoms with Crippen molar-refractivity contribution < 1.29 is 0 Å². The summed E-state index contributed by atoms with van der Waals surface area (Å²) < 4.78 is 0. The van der Waals surface area contributed by atoms with E-state index in [4.69, 9.17) is 0 Å². The fourth-order valence-corrected chi connectivity index (χ4v) is 3.22. The molecular formula is C18H23NS. The fraction of sp³-hybridized carbons (Fsp3) is 0.333. The first-order valence-electron chi connectivity index (χ1n) is 7.11. The van der Waals surface area contributed by atoms with Gasteiger partial charge in [0.05, 0.1) is 6.04 Å². The van der Waals surface area contributed by atoms with Crippen molar-refractivity contribution in [1.82, 2.24) is 5.32 Å². The van der Waals surface area contributed by atoms with Crippen molar-refractivity contribution >= 4 is 11.8 Å². The second kappa shape index (κ2) is 6.96. The highest BCUT2D eigenvalue weighted by Crippen LogP contribution is 2.32. The summed E-state index contributed by atoms with van der Waals surface area (Å²) in [5.74, 6) is 0. The lowest BCUT2D eigenvalue weighted by molar-refractivity contribution is 0.619. The first-order valence-corrected chi connectivity index (χ1v) is 8.34. The molecular weight excluding hydrogens is 262 g/mol. The summed E-state index contributed by atoms with van der Waals surface area (Å²) >= 11 is 1.81. The van der Waals surface area contributed by atoms with Crippen LogP contribution in [0.4, 0.5) is 0 Å². The van der Waals surface area contributed by atoms with E-state index in [-0.39, 0.29) is 6.04 Å². The molecule has 0 aliphatic carbocycles. The molecule has 0 aromatic heterocycles. The molecule has 0 fully saturated rings. The van der Waals surface area contributed by atoms with Crippen LogP contribution in [0.1, 0.15) is 35.2 Å². The first-order chi connectivity index (χ1) is 9.69. The number of thioether (sulfide) groups is 1. The number of rotatable bonds is 5. The lowest BCUT2D eigenvalue weighted by atomic mass is 9.92. The van der Waals surface area contributed by atoms with Gasteiger partial charge in [0.2, 0.25) is 0 Å². The van der Waals surface area contributed by atoms with Gasteiger partial charge in [-0.25, -0.2) is 0 Å². The normalized spacial score (nSPS) is 12.4. The van der Waals surface area contributed by atoms with Crippen molar-refractivity contribution in [2.24, 2.45) is 0 Å². The van der Waals surface area contributed by atoms with Crippen molar-refractivity contribution in [2.75, 3.05) is 12.8 Å². The summed E-state index contributed by atoms with van der Waals surface area (Å²) in [5, 5.41) is 3.64. The molecule has 2 rings (SSSR count). The number of aryl methyl sites for hydroxylation is 1. The standard InChI is InChI=1S/C18H23NS/c1-5-19-18(15-11-8-9-13(2)14(15)3)16-10-6-7-12-17(16)20-4/h6-12,18-19H,5H2,1-4H3. The molecule has 0 bridgehead atoms. The van der Waals surface area contributed by atoms with Gasteiger partial charge in [0.15, 0.2) is 0 Å². The molecule has 0 aliphatic heterocycles. The highest BCUT2D eigenvalue weighted by Gasteiger charge is 2.18. The third-order valence-electron chi connectivity index (χ3n) is 3.82. The summed E-state index contributed by atoms with van der Waals surface area (Å²) in [4.78, 5) is 1.35. The van der Waals surface area contributed by atoms with Crippen LogP contribution < -0.4 is 5.32 Å². The summed E-state index contributed by atoms with van der Waals surface area (Å²) in [6, 6.07) is 15.5. The van der Waals surface area contributed by atoms with E-state index in [0.717, 1.165) is 6.54 Å². The molecule has 0 amide bonds. The number of nitrogens with one attached hydrogen (secondary N) is 1. The van der Waals surface area contributed by atoms with Crippen LogP contribution in [-0.2, 0) is 0 Å². The van der Waals surface area contributed by atoms with Gasteiger partial charge in [0.1, 0.15) is 0 Å². The topological polar surface area (TPSA) is 12.0 Å². The highest BCUT2D eigenvalue weighted by molar-refractivity contribution is 7.98. The van der Waals surface area contributed by atoms with Crippen LogP contribution in [-0.4, -0.2) is 12.8 Å². The minimum atomic E-state index is 0.267. The smallest absolute Gasteiger partial charge is 0.0590 e. The predicted molar refractivity (Wildman–Crippen MR) is 89.7 cm³/mol. The maximum absolute atomic E-state index is 3.64. The zero-order valence-corrected chi connectivity index (χ0v) is 13.6. The van der Waals surface area contributed by atoms with Gasteiger partial charge in [0.25, 0.3) is 0 Å². The Morgan fingerprint density at radius 3 is 2.40 bits per heavy atom. The molecule has 0 radical (unpaired) electrons. The summed E-state index contributed by atoms with van der Waals surface area (Å²) in [6.45, 7) is 7.53. The molecule has 0 saturated heterocycles. The van der Waals surface area contributed by atoms with Crippen molar-refractivity contribution in [3.05, 3.63) is 64.7 Å². The Morgan fingerprint density at radius 2 is 1.70 bits per heavy atom. The van der Waals surface area contributed by atoms with E-state index in [1.54, 1.807) is 0 Å². The Hall–Kier alpha value is -1.25. The van der Waals surface area contributed by atoms with Gasteiger partial charge >= 0.3 is 0 Å². The molecule has 106 valence electrons. The zero-order chi connectivity index (χ0) is 14.5. The fourth-order valence-electron chi connectivity index (χ4n) is 2.58. The SMILES string of the molecule is CCNC(c1ccccc1SC)c1cccc(C)c1C. The van der Waals surface area contributed by atoms with Crippen LogP contribution >= 0.6 is 11.8 Å². The molecule has 20 heavy (non-hydrogen) atoms. The molecule has 0 heterocycles. The Labute approximate surface area is 126 Å². The molecule has 0 aliphatic rings. The van der Waals surface area contributed by atoms with Crippen molar-refractivity contribution in [2.45, 2.75) is 31.7 Å². The monoisotopic (exact) mass is 285 g/mol. The Morgan fingerprint density at radius 1 is 1.00 bits per heavy atom. The van der Waals surface area contributed by atoms with E-state index < -0.39 is 0 Å². The molecule has 2 heteroatoms. The minimum absolute atomic E-state index is 0.267. The van der Waals surface area contributed by atoms with Gasteiger partial charge in [-0.1, -0.05) is 43.3 Å². The average Bonchev–Trinajstić information content (AvgIpc) is 2.48. The molecule has 1 N–H and O–H groups in total. The summed E-state index contributed by atoms with van der Waals surface area (Å²) in [7, 11) is 0. The molecule has 2 aromatic rings.